The van der Waals surface area contributed by atoms with Crippen molar-refractivity contribution in [3.8, 4) is 0 Å². The fourth-order valence-electron chi connectivity index (χ4n) is 3.05. The van der Waals surface area contributed by atoms with Crippen molar-refractivity contribution in [2.45, 2.75) is 43.9 Å². The van der Waals surface area contributed by atoms with Crippen molar-refractivity contribution in [2.75, 3.05) is 23.9 Å². The minimum Gasteiger partial charge on any atom is -0.396 e. The molecule has 0 unspecified atom stereocenters. The molecule has 1 aliphatic carbocycles. The Morgan fingerprint density at radius 3 is 2.52 bits per heavy atom. The van der Waals surface area contributed by atoms with Crippen LogP contribution in [-0.4, -0.2) is 21.2 Å². The molecule has 0 aromatic heterocycles. The fourth-order valence-corrected chi connectivity index (χ4v) is 3.89. The molecule has 0 radical (unpaired) electrons. The first kappa shape index (κ1) is 16.1. The van der Waals surface area contributed by atoms with E-state index in [9.17, 15) is 8.42 Å². The average molecular weight is 310 g/mol. The second kappa shape index (κ2) is 6.69. The average Bonchev–Trinajstić information content (AvgIpc) is 2.41. The molecule has 1 saturated carbocycles. The Balaban J connectivity index is 1.92. The predicted octanol–water partition coefficient (Wildman–Crippen LogP) is 3.30. The van der Waals surface area contributed by atoms with E-state index in [0.29, 0.717) is 5.69 Å². The Bertz CT molecular complexity index is 576. The molecule has 5 heteroatoms. The van der Waals surface area contributed by atoms with Gasteiger partial charge in [-0.1, -0.05) is 38.7 Å². The van der Waals surface area contributed by atoms with Gasteiger partial charge in [0.1, 0.15) is 0 Å². The monoisotopic (exact) mass is 310 g/mol. The summed E-state index contributed by atoms with van der Waals surface area (Å²) in [5, 5.41) is 3.29. The second-order valence-corrected chi connectivity index (χ2v) is 8.32. The van der Waals surface area contributed by atoms with E-state index in [1.165, 1.54) is 31.9 Å². The maximum absolute atomic E-state index is 11.7. The quantitative estimate of drug-likeness (QED) is 0.819. The first-order valence-electron chi connectivity index (χ1n) is 7.70. The molecule has 0 saturated heterocycles. The van der Waals surface area contributed by atoms with E-state index in [-0.39, 0.29) is 4.90 Å². The van der Waals surface area contributed by atoms with Crippen molar-refractivity contribution >= 4 is 21.2 Å². The lowest BCUT2D eigenvalue weighted by molar-refractivity contribution is 0.282. The van der Waals surface area contributed by atoms with E-state index in [2.05, 4.69) is 12.2 Å². The molecule has 0 amide bonds. The summed E-state index contributed by atoms with van der Waals surface area (Å²) in [7, 11) is -3.27. The number of nitrogens with one attached hydrogen (secondary N) is 1. The molecule has 0 heterocycles. The molecule has 0 bridgehead atoms. The van der Waals surface area contributed by atoms with Gasteiger partial charge in [0.15, 0.2) is 9.84 Å². The van der Waals surface area contributed by atoms with Gasteiger partial charge >= 0.3 is 0 Å². The number of rotatable bonds is 5. The van der Waals surface area contributed by atoms with Crippen LogP contribution >= 0.6 is 0 Å². The highest BCUT2D eigenvalue weighted by atomic mass is 32.2. The van der Waals surface area contributed by atoms with Crippen molar-refractivity contribution < 1.29 is 8.42 Å². The highest BCUT2D eigenvalue weighted by Crippen LogP contribution is 2.31. The largest absolute Gasteiger partial charge is 0.396 e. The molecule has 0 atom stereocenters. The Kier molecular flexibility index (Phi) is 5.14. The minimum absolute atomic E-state index is 0.207. The van der Waals surface area contributed by atoms with Crippen LogP contribution in [-0.2, 0) is 9.84 Å². The summed E-state index contributed by atoms with van der Waals surface area (Å²) >= 11 is 0. The molecule has 4 nitrogen and oxygen atoms in total. The van der Waals surface area contributed by atoms with E-state index in [4.69, 9.17) is 5.73 Å². The Morgan fingerprint density at radius 1 is 1.24 bits per heavy atom. The Hall–Kier alpha value is -1.23. The molecule has 2 rings (SSSR count). The lowest BCUT2D eigenvalue weighted by atomic mass is 9.81. The van der Waals surface area contributed by atoms with Crippen molar-refractivity contribution in [3.63, 3.8) is 0 Å². The van der Waals surface area contributed by atoms with E-state index in [1.54, 1.807) is 12.1 Å². The summed E-state index contributed by atoms with van der Waals surface area (Å²) in [5.74, 6) is 1.66. The van der Waals surface area contributed by atoms with E-state index in [0.717, 1.165) is 30.5 Å². The normalized spacial score (nSPS) is 23.0. The number of hydrogen-bond donors (Lipinski definition) is 2. The maximum atomic E-state index is 11.7. The third kappa shape index (κ3) is 4.37. The van der Waals surface area contributed by atoms with E-state index in [1.807, 2.05) is 6.07 Å². The summed E-state index contributed by atoms with van der Waals surface area (Å²) in [5.41, 5.74) is 7.02. The SMILES string of the molecule is CC1CCC(CCNc2cccc(S(C)(=O)=O)c2N)CC1. The number of nitrogens with two attached hydrogens (primary N) is 1. The molecule has 1 aromatic rings. The molecular formula is C16H26N2O2S. The zero-order valence-electron chi connectivity index (χ0n) is 12.9. The molecule has 1 fully saturated rings. The lowest BCUT2D eigenvalue weighted by Crippen LogP contribution is -2.16. The number of nitrogen functional groups attached to an aromatic ring is 1. The zero-order valence-corrected chi connectivity index (χ0v) is 13.7. The maximum Gasteiger partial charge on any atom is 0.177 e. The van der Waals surface area contributed by atoms with Gasteiger partial charge in [0, 0.05) is 12.8 Å². The number of para-hydroxylation sites is 1. The van der Waals surface area contributed by atoms with Crippen LogP contribution in [0.4, 0.5) is 11.4 Å². The van der Waals surface area contributed by atoms with Crippen molar-refractivity contribution in [1.29, 1.82) is 0 Å². The first-order chi connectivity index (χ1) is 9.88. The summed E-state index contributed by atoms with van der Waals surface area (Å²) in [6.45, 7) is 3.17. The van der Waals surface area contributed by atoms with Crippen LogP contribution < -0.4 is 11.1 Å². The number of anilines is 2. The second-order valence-electron chi connectivity index (χ2n) is 6.33. The van der Waals surface area contributed by atoms with Crippen LogP contribution in [0.25, 0.3) is 0 Å². The van der Waals surface area contributed by atoms with Crippen LogP contribution in [0.2, 0.25) is 0 Å². The van der Waals surface area contributed by atoms with Crippen molar-refractivity contribution in [1.82, 2.24) is 0 Å². The third-order valence-corrected chi connectivity index (χ3v) is 5.62. The molecule has 1 aliphatic rings. The third-order valence-electron chi connectivity index (χ3n) is 4.47. The topological polar surface area (TPSA) is 72.2 Å². The van der Waals surface area contributed by atoms with Gasteiger partial charge in [-0.25, -0.2) is 8.42 Å². The van der Waals surface area contributed by atoms with Gasteiger partial charge in [-0.3, -0.25) is 0 Å². The van der Waals surface area contributed by atoms with Crippen LogP contribution in [0.5, 0.6) is 0 Å². The molecule has 118 valence electrons. The number of sulfone groups is 1. The molecule has 0 aliphatic heterocycles. The Morgan fingerprint density at radius 2 is 1.90 bits per heavy atom. The van der Waals surface area contributed by atoms with Crippen molar-refractivity contribution in [2.24, 2.45) is 11.8 Å². The van der Waals surface area contributed by atoms with Gasteiger partial charge in [0.25, 0.3) is 0 Å². The van der Waals surface area contributed by atoms with Gasteiger partial charge < -0.3 is 11.1 Å². The first-order valence-corrected chi connectivity index (χ1v) is 9.59. The highest BCUT2D eigenvalue weighted by molar-refractivity contribution is 7.90. The number of hydrogen-bond acceptors (Lipinski definition) is 4. The summed E-state index contributed by atoms with van der Waals surface area (Å²) in [6.07, 6.45) is 7.58. The van der Waals surface area contributed by atoms with Gasteiger partial charge in [0.2, 0.25) is 0 Å². The van der Waals surface area contributed by atoms with E-state index >= 15 is 0 Å². The van der Waals surface area contributed by atoms with Gasteiger partial charge in [-0.05, 0) is 30.4 Å². The minimum atomic E-state index is -3.27. The van der Waals surface area contributed by atoms with E-state index < -0.39 is 9.84 Å². The summed E-state index contributed by atoms with van der Waals surface area (Å²) in [6, 6.07) is 5.13. The fraction of sp³-hybridized carbons (Fsp3) is 0.625. The molecule has 3 N–H and O–H groups in total. The van der Waals surface area contributed by atoms with Crippen molar-refractivity contribution in [3.05, 3.63) is 18.2 Å². The van der Waals surface area contributed by atoms with Crippen LogP contribution in [0.1, 0.15) is 39.0 Å². The molecule has 1 aromatic carbocycles. The van der Waals surface area contributed by atoms with Gasteiger partial charge in [0.05, 0.1) is 16.3 Å². The Labute approximate surface area is 128 Å². The van der Waals surface area contributed by atoms with Gasteiger partial charge in [-0.2, -0.15) is 0 Å². The van der Waals surface area contributed by atoms with Crippen LogP contribution in [0.3, 0.4) is 0 Å². The summed E-state index contributed by atoms with van der Waals surface area (Å²) < 4.78 is 23.3. The molecular weight excluding hydrogens is 284 g/mol. The predicted molar refractivity (Wildman–Crippen MR) is 88.2 cm³/mol. The highest BCUT2D eigenvalue weighted by Gasteiger charge is 2.18. The van der Waals surface area contributed by atoms with Crippen LogP contribution in [0, 0.1) is 11.8 Å². The van der Waals surface area contributed by atoms with Gasteiger partial charge in [-0.15, -0.1) is 0 Å². The molecule has 0 spiro atoms. The lowest BCUT2D eigenvalue weighted by Gasteiger charge is -2.26. The number of benzene rings is 1. The summed E-state index contributed by atoms with van der Waals surface area (Å²) in [4.78, 5) is 0.207. The molecule has 21 heavy (non-hydrogen) atoms. The standard InChI is InChI=1S/C16H26N2O2S/c1-12-6-8-13(9-7-12)10-11-18-14-4-3-5-15(16(14)17)21(2,19)20/h3-5,12-13,18H,6-11,17H2,1-2H3. The zero-order chi connectivity index (χ0) is 15.5. The van der Waals surface area contributed by atoms with Crippen LogP contribution in [0.15, 0.2) is 23.1 Å². The smallest absolute Gasteiger partial charge is 0.177 e.